The third kappa shape index (κ3) is 6.31. The number of nitrogens with zero attached hydrogens (tertiary/aromatic N) is 2. The Bertz CT molecular complexity index is 976. The number of halogens is 4. The van der Waals surface area contributed by atoms with Crippen molar-refractivity contribution in [2.24, 2.45) is 5.92 Å². The number of ether oxygens (including phenoxy) is 1. The molecule has 2 heterocycles. The van der Waals surface area contributed by atoms with Crippen molar-refractivity contribution in [3.63, 3.8) is 0 Å². The quantitative estimate of drug-likeness (QED) is 0.378. The van der Waals surface area contributed by atoms with Crippen molar-refractivity contribution in [2.75, 3.05) is 11.9 Å². The highest BCUT2D eigenvalue weighted by Crippen LogP contribution is 2.30. The molecular formula is C19H20F3IN4O4. The van der Waals surface area contributed by atoms with Crippen molar-refractivity contribution in [3.05, 3.63) is 34.8 Å². The molecule has 12 heteroatoms. The van der Waals surface area contributed by atoms with Crippen LogP contribution in [0, 0.1) is 12.8 Å². The van der Waals surface area contributed by atoms with Gasteiger partial charge in [0.15, 0.2) is 6.61 Å². The number of amides is 2. The monoisotopic (exact) mass is 552 g/mol. The van der Waals surface area contributed by atoms with Crippen LogP contribution in [0.25, 0.3) is 0 Å². The molecule has 0 radical (unpaired) electrons. The Hall–Kier alpha value is -2.38. The average molecular weight is 552 g/mol. The number of aromatic nitrogens is 2. The fourth-order valence-electron chi connectivity index (χ4n) is 2.69. The number of aryl methyl sites for hydroxylation is 1. The van der Waals surface area contributed by atoms with E-state index >= 15 is 0 Å². The smallest absolute Gasteiger partial charge is 0.422 e. The van der Waals surface area contributed by atoms with Gasteiger partial charge in [0.05, 0.1) is 11.7 Å². The van der Waals surface area contributed by atoms with E-state index in [1.165, 1.54) is 6.20 Å². The maximum Gasteiger partial charge on any atom is 0.422 e. The van der Waals surface area contributed by atoms with Crippen LogP contribution in [0.4, 0.5) is 19.2 Å². The van der Waals surface area contributed by atoms with Crippen molar-refractivity contribution >= 4 is 40.4 Å². The van der Waals surface area contributed by atoms with Gasteiger partial charge >= 0.3 is 12.2 Å². The first-order chi connectivity index (χ1) is 14.6. The molecule has 1 aliphatic carbocycles. The summed E-state index contributed by atoms with van der Waals surface area (Å²) < 4.78 is 47.7. The molecule has 1 fully saturated rings. The van der Waals surface area contributed by atoms with Gasteiger partial charge in [-0.15, -0.1) is 0 Å². The van der Waals surface area contributed by atoms with Gasteiger partial charge in [0.2, 0.25) is 17.5 Å². The number of rotatable bonds is 8. The second kappa shape index (κ2) is 9.40. The lowest BCUT2D eigenvalue weighted by Gasteiger charge is -2.16. The largest absolute Gasteiger partial charge is 0.468 e. The lowest BCUT2D eigenvalue weighted by Crippen LogP contribution is -2.27. The summed E-state index contributed by atoms with van der Waals surface area (Å²) in [6, 6.07) is 1.07. The Morgan fingerprint density at radius 1 is 1.39 bits per heavy atom. The van der Waals surface area contributed by atoms with Crippen molar-refractivity contribution in [2.45, 2.75) is 43.3 Å². The Balaban J connectivity index is 1.66. The van der Waals surface area contributed by atoms with E-state index in [2.05, 4.69) is 20.6 Å². The molecule has 168 valence electrons. The van der Waals surface area contributed by atoms with Crippen LogP contribution in [0.15, 0.2) is 16.7 Å². The third-order valence-electron chi connectivity index (χ3n) is 4.49. The lowest BCUT2D eigenvalue weighted by molar-refractivity contribution is -0.154. The normalized spacial score (nSPS) is 14.8. The number of oxazole rings is 1. The number of alkyl halides is 4. The zero-order chi connectivity index (χ0) is 22.8. The molecule has 0 aliphatic heterocycles. The summed E-state index contributed by atoms with van der Waals surface area (Å²) in [4.78, 5) is 32.5. The molecule has 1 aliphatic rings. The topological polar surface area (TPSA) is 106 Å². The zero-order valence-electron chi connectivity index (χ0n) is 16.7. The van der Waals surface area contributed by atoms with Crippen molar-refractivity contribution < 1.29 is 31.9 Å². The summed E-state index contributed by atoms with van der Waals surface area (Å²) in [5.74, 6) is -0.905. The molecule has 31 heavy (non-hydrogen) atoms. The van der Waals surface area contributed by atoms with E-state index in [4.69, 9.17) is 9.15 Å². The summed E-state index contributed by atoms with van der Waals surface area (Å²) in [5.41, 5.74) is 1.38. The molecule has 2 aromatic rings. The Kier molecular flexibility index (Phi) is 7.06. The van der Waals surface area contributed by atoms with E-state index in [-0.39, 0.29) is 29.5 Å². The van der Waals surface area contributed by atoms with Gasteiger partial charge in [-0.1, -0.05) is 22.6 Å². The van der Waals surface area contributed by atoms with Crippen LogP contribution in [0.1, 0.15) is 53.2 Å². The molecule has 1 atom stereocenters. The van der Waals surface area contributed by atoms with Gasteiger partial charge in [-0.05, 0) is 38.3 Å². The van der Waals surface area contributed by atoms with E-state index in [1.54, 1.807) is 19.9 Å². The maximum atomic E-state index is 12.6. The molecule has 1 unspecified atom stereocenters. The van der Waals surface area contributed by atoms with Crippen LogP contribution in [0.2, 0.25) is 0 Å². The van der Waals surface area contributed by atoms with Crippen LogP contribution in [-0.4, -0.2) is 34.6 Å². The lowest BCUT2D eigenvalue weighted by atomic mass is 10.1. The van der Waals surface area contributed by atoms with Gasteiger partial charge in [0.25, 0.3) is 5.91 Å². The molecule has 2 aromatic heterocycles. The van der Waals surface area contributed by atoms with Crippen molar-refractivity contribution in [3.8, 4) is 5.88 Å². The van der Waals surface area contributed by atoms with Crippen LogP contribution < -0.4 is 15.4 Å². The zero-order valence-corrected chi connectivity index (χ0v) is 18.8. The number of carbonyl (C=O) groups is 2. The summed E-state index contributed by atoms with van der Waals surface area (Å²) in [7, 11) is 0. The first kappa shape index (κ1) is 23.3. The van der Waals surface area contributed by atoms with E-state index in [0.717, 1.165) is 12.8 Å². The standard InChI is InChI=1S/C19H20F3IN4O4/c1-9(13-5-12(6-23)17(24-7-13)30-8-19(20,21)22)25-16(29)14-10(2)26-18(31-14)27-15(28)11-3-4-11/h5,7,9,11H,3-4,6,8H2,1-2H3,(H,25,29)(H,26,27,28). The predicted molar refractivity (Wildman–Crippen MR) is 112 cm³/mol. The minimum Gasteiger partial charge on any atom is -0.468 e. The minimum atomic E-state index is -4.46. The average Bonchev–Trinajstić information content (AvgIpc) is 3.49. The predicted octanol–water partition coefficient (Wildman–Crippen LogP) is 4.09. The van der Waals surface area contributed by atoms with Crippen LogP contribution in [0.5, 0.6) is 5.88 Å². The highest BCUT2D eigenvalue weighted by molar-refractivity contribution is 14.1. The fourth-order valence-corrected chi connectivity index (χ4v) is 3.23. The van der Waals surface area contributed by atoms with E-state index < -0.39 is 24.7 Å². The van der Waals surface area contributed by atoms with Crippen LogP contribution in [-0.2, 0) is 9.22 Å². The fraction of sp³-hybridized carbons (Fsp3) is 0.474. The summed E-state index contributed by atoms with van der Waals surface area (Å²) in [6.45, 7) is 1.85. The van der Waals surface area contributed by atoms with Gasteiger partial charge in [-0.3, -0.25) is 14.9 Å². The Labute approximate surface area is 189 Å². The molecule has 0 saturated heterocycles. The number of carbonyl (C=O) groups excluding carboxylic acids is 2. The van der Waals surface area contributed by atoms with Gasteiger partial charge in [-0.25, -0.2) is 4.98 Å². The molecule has 0 spiro atoms. The van der Waals surface area contributed by atoms with E-state index in [1.807, 2.05) is 22.6 Å². The summed E-state index contributed by atoms with van der Waals surface area (Å²) >= 11 is 1.99. The highest BCUT2D eigenvalue weighted by atomic mass is 127. The molecule has 3 rings (SSSR count). The third-order valence-corrected chi connectivity index (χ3v) is 5.31. The van der Waals surface area contributed by atoms with Gasteiger partial charge in [0, 0.05) is 22.1 Å². The first-order valence-corrected chi connectivity index (χ1v) is 10.9. The van der Waals surface area contributed by atoms with E-state index in [0.29, 0.717) is 21.2 Å². The highest BCUT2D eigenvalue weighted by Gasteiger charge is 2.31. The number of hydrogen-bond acceptors (Lipinski definition) is 6. The number of hydrogen-bond donors (Lipinski definition) is 2. The minimum absolute atomic E-state index is 0.0350. The van der Waals surface area contributed by atoms with Crippen molar-refractivity contribution in [1.29, 1.82) is 0 Å². The van der Waals surface area contributed by atoms with E-state index in [9.17, 15) is 22.8 Å². The van der Waals surface area contributed by atoms with Gasteiger partial charge in [0.1, 0.15) is 0 Å². The second-order valence-corrected chi connectivity index (χ2v) is 7.93. The SMILES string of the molecule is Cc1nc(NC(=O)C2CC2)oc1C(=O)NC(C)c1cnc(OCC(F)(F)F)c(CI)c1. The van der Waals surface area contributed by atoms with Crippen LogP contribution >= 0.6 is 22.6 Å². The molecule has 0 bridgehead atoms. The molecule has 1 saturated carbocycles. The molecular weight excluding hydrogens is 532 g/mol. The number of nitrogens with one attached hydrogen (secondary N) is 2. The summed E-state index contributed by atoms with van der Waals surface area (Å²) in [6.07, 6.45) is -1.47. The van der Waals surface area contributed by atoms with Gasteiger partial charge in [-0.2, -0.15) is 18.2 Å². The first-order valence-electron chi connectivity index (χ1n) is 9.41. The maximum absolute atomic E-state index is 12.6. The Morgan fingerprint density at radius 2 is 2.10 bits per heavy atom. The summed E-state index contributed by atoms with van der Waals surface area (Å²) in [5, 5.41) is 5.28. The number of anilines is 1. The Morgan fingerprint density at radius 3 is 2.71 bits per heavy atom. The molecule has 2 N–H and O–H groups in total. The van der Waals surface area contributed by atoms with Crippen LogP contribution in [0.3, 0.4) is 0 Å². The second-order valence-electron chi connectivity index (χ2n) is 7.16. The molecule has 8 nitrogen and oxygen atoms in total. The van der Waals surface area contributed by atoms with Gasteiger partial charge < -0.3 is 14.5 Å². The van der Waals surface area contributed by atoms with Crippen molar-refractivity contribution in [1.82, 2.24) is 15.3 Å². The molecule has 0 aromatic carbocycles. The molecule has 2 amide bonds. The number of pyridine rings is 1.